The molecule has 90 valence electrons. The number of carbonyl (C=O) groups is 1. The fraction of sp³-hybridized carbons (Fsp3) is 0.357. The molecule has 1 aromatic rings. The maximum absolute atomic E-state index is 13.6. The van der Waals surface area contributed by atoms with Crippen molar-refractivity contribution >= 4 is 5.91 Å². The van der Waals surface area contributed by atoms with Crippen LogP contribution in [0.15, 0.2) is 18.2 Å². The number of terminal acetylenes is 1. The van der Waals surface area contributed by atoms with Gasteiger partial charge in [0, 0.05) is 6.54 Å². The number of hydrogen-bond donors (Lipinski definition) is 0. The molecule has 0 aromatic heterocycles. The molecule has 0 heterocycles. The first kappa shape index (κ1) is 13.2. The van der Waals surface area contributed by atoms with Crippen molar-refractivity contribution in [3.8, 4) is 12.3 Å². The Morgan fingerprint density at radius 3 is 2.76 bits per heavy atom. The van der Waals surface area contributed by atoms with E-state index < -0.39 is 5.82 Å². The van der Waals surface area contributed by atoms with Crippen molar-refractivity contribution < 1.29 is 9.18 Å². The van der Waals surface area contributed by atoms with E-state index in [1.165, 1.54) is 17.0 Å². The monoisotopic (exact) mass is 233 g/mol. The van der Waals surface area contributed by atoms with E-state index in [-0.39, 0.29) is 18.0 Å². The van der Waals surface area contributed by atoms with Gasteiger partial charge >= 0.3 is 0 Å². The molecule has 0 bridgehead atoms. The molecule has 1 amide bonds. The van der Waals surface area contributed by atoms with Gasteiger partial charge in [0.05, 0.1) is 12.1 Å². The molecule has 0 aliphatic carbocycles. The molecule has 0 atom stereocenters. The summed E-state index contributed by atoms with van der Waals surface area (Å²) >= 11 is 0. The van der Waals surface area contributed by atoms with Crippen molar-refractivity contribution in [3.05, 3.63) is 35.1 Å². The van der Waals surface area contributed by atoms with Crippen LogP contribution in [0.4, 0.5) is 4.39 Å². The summed E-state index contributed by atoms with van der Waals surface area (Å²) in [7, 11) is 0. The lowest BCUT2D eigenvalue weighted by atomic mass is 10.1. The van der Waals surface area contributed by atoms with Gasteiger partial charge < -0.3 is 4.90 Å². The Balaban J connectivity index is 2.97. The molecule has 0 N–H and O–H groups in total. The molecule has 0 saturated heterocycles. The van der Waals surface area contributed by atoms with Crippen LogP contribution in [0.1, 0.15) is 29.3 Å². The van der Waals surface area contributed by atoms with Crippen LogP contribution in [0, 0.1) is 25.1 Å². The van der Waals surface area contributed by atoms with Crippen molar-refractivity contribution in [3.63, 3.8) is 0 Å². The molecule has 0 aliphatic heterocycles. The van der Waals surface area contributed by atoms with Crippen molar-refractivity contribution in [2.24, 2.45) is 0 Å². The second-order valence-corrected chi connectivity index (χ2v) is 3.91. The van der Waals surface area contributed by atoms with Crippen molar-refractivity contribution in [1.82, 2.24) is 4.90 Å². The minimum absolute atomic E-state index is 0.0827. The molecule has 0 aliphatic rings. The Kier molecular flexibility index (Phi) is 4.71. The zero-order chi connectivity index (χ0) is 12.8. The summed E-state index contributed by atoms with van der Waals surface area (Å²) in [6, 6.07) is 4.58. The minimum Gasteiger partial charge on any atom is -0.327 e. The van der Waals surface area contributed by atoms with Gasteiger partial charge in [-0.05, 0) is 31.0 Å². The molecule has 17 heavy (non-hydrogen) atoms. The first-order valence-corrected chi connectivity index (χ1v) is 5.59. The molecular formula is C14H16FNO. The molecule has 3 heteroatoms. The average molecular weight is 233 g/mol. The van der Waals surface area contributed by atoms with Crippen LogP contribution in [-0.2, 0) is 0 Å². The highest BCUT2D eigenvalue weighted by atomic mass is 19.1. The zero-order valence-electron chi connectivity index (χ0n) is 10.2. The van der Waals surface area contributed by atoms with E-state index >= 15 is 0 Å². The molecule has 0 spiro atoms. The number of rotatable bonds is 4. The molecule has 0 unspecified atom stereocenters. The van der Waals surface area contributed by atoms with Gasteiger partial charge in [-0.3, -0.25) is 4.79 Å². The standard InChI is InChI=1S/C14H16FNO/c1-4-8-16(9-5-2)14(17)12-7-6-11(3)10-13(12)15/h1,6-7,10H,5,8-9H2,2-3H3. The van der Waals surface area contributed by atoms with Gasteiger partial charge in [0.1, 0.15) is 5.82 Å². The quantitative estimate of drug-likeness (QED) is 0.732. The molecule has 1 aromatic carbocycles. The van der Waals surface area contributed by atoms with Gasteiger partial charge in [0.15, 0.2) is 0 Å². The average Bonchev–Trinajstić information content (AvgIpc) is 2.28. The number of halogens is 1. The van der Waals surface area contributed by atoms with Gasteiger partial charge in [0.25, 0.3) is 5.91 Å². The molecule has 0 radical (unpaired) electrons. The third-order valence-electron chi connectivity index (χ3n) is 2.42. The van der Waals surface area contributed by atoms with Gasteiger partial charge in [-0.15, -0.1) is 6.42 Å². The number of benzene rings is 1. The fourth-order valence-corrected chi connectivity index (χ4v) is 1.60. The second kappa shape index (κ2) is 6.05. The molecule has 0 fully saturated rings. The predicted molar refractivity (Wildman–Crippen MR) is 66.2 cm³/mol. The first-order valence-electron chi connectivity index (χ1n) is 5.59. The fourth-order valence-electron chi connectivity index (χ4n) is 1.60. The van der Waals surface area contributed by atoms with Gasteiger partial charge in [-0.25, -0.2) is 4.39 Å². The number of carbonyl (C=O) groups excluding carboxylic acids is 1. The lowest BCUT2D eigenvalue weighted by Crippen LogP contribution is -2.32. The van der Waals surface area contributed by atoms with Gasteiger partial charge in [-0.1, -0.05) is 18.9 Å². The Labute approximate surface area is 101 Å². The lowest BCUT2D eigenvalue weighted by Gasteiger charge is -2.19. The predicted octanol–water partition coefficient (Wildman–Crippen LogP) is 2.62. The summed E-state index contributed by atoms with van der Waals surface area (Å²) in [6.07, 6.45) is 5.99. The Bertz CT molecular complexity index is 448. The van der Waals surface area contributed by atoms with Crippen LogP contribution >= 0.6 is 0 Å². The number of amides is 1. The maximum atomic E-state index is 13.6. The largest absolute Gasteiger partial charge is 0.327 e. The van der Waals surface area contributed by atoms with Crippen LogP contribution in [-0.4, -0.2) is 23.9 Å². The van der Waals surface area contributed by atoms with Crippen LogP contribution < -0.4 is 0 Å². The molecule has 0 saturated carbocycles. The Morgan fingerprint density at radius 2 is 2.24 bits per heavy atom. The second-order valence-electron chi connectivity index (χ2n) is 3.91. The van der Waals surface area contributed by atoms with Crippen LogP contribution in [0.25, 0.3) is 0 Å². The zero-order valence-corrected chi connectivity index (χ0v) is 10.2. The van der Waals surface area contributed by atoms with Crippen LogP contribution in [0.5, 0.6) is 0 Å². The summed E-state index contributed by atoms with van der Waals surface area (Å²) in [4.78, 5) is 13.5. The van der Waals surface area contributed by atoms with E-state index in [1.54, 1.807) is 13.0 Å². The molecule has 1 rings (SSSR count). The van der Waals surface area contributed by atoms with E-state index in [2.05, 4.69) is 5.92 Å². The highest BCUT2D eigenvalue weighted by Gasteiger charge is 2.17. The SMILES string of the molecule is C#CCN(CCC)C(=O)c1ccc(C)cc1F. The molecule has 2 nitrogen and oxygen atoms in total. The van der Waals surface area contributed by atoms with Crippen LogP contribution in [0.2, 0.25) is 0 Å². The van der Waals surface area contributed by atoms with E-state index in [0.29, 0.717) is 6.54 Å². The minimum atomic E-state index is -0.492. The number of hydrogen-bond acceptors (Lipinski definition) is 1. The Morgan fingerprint density at radius 1 is 1.53 bits per heavy atom. The third kappa shape index (κ3) is 3.32. The first-order chi connectivity index (χ1) is 8.10. The smallest absolute Gasteiger partial charge is 0.257 e. The van der Waals surface area contributed by atoms with Gasteiger partial charge in [0.2, 0.25) is 0 Å². The van der Waals surface area contributed by atoms with Crippen molar-refractivity contribution in [1.29, 1.82) is 0 Å². The summed E-state index contributed by atoms with van der Waals surface area (Å²) in [5, 5.41) is 0. The van der Waals surface area contributed by atoms with E-state index in [1.807, 2.05) is 6.92 Å². The van der Waals surface area contributed by atoms with E-state index in [9.17, 15) is 9.18 Å². The van der Waals surface area contributed by atoms with E-state index in [4.69, 9.17) is 6.42 Å². The van der Waals surface area contributed by atoms with Crippen molar-refractivity contribution in [2.75, 3.05) is 13.1 Å². The summed E-state index contributed by atoms with van der Waals surface area (Å²) in [6.45, 7) is 4.47. The third-order valence-corrected chi connectivity index (χ3v) is 2.42. The lowest BCUT2D eigenvalue weighted by molar-refractivity contribution is 0.0772. The molecular weight excluding hydrogens is 217 g/mol. The van der Waals surface area contributed by atoms with Gasteiger partial charge in [-0.2, -0.15) is 0 Å². The number of aryl methyl sites for hydroxylation is 1. The number of nitrogens with zero attached hydrogens (tertiary/aromatic N) is 1. The highest BCUT2D eigenvalue weighted by Crippen LogP contribution is 2.12. The van der Waals surface area contributed by atoms with E-state index in [0.717, 1.165) is 12.0 Å². The normalized spacial score (nSPS) is 9.76. The maximum Gasteiger partial charge on any atom is 0.257 e. The topological polar surface area (TPSA) is 20.3 Å². The summed E-state index contributed by atoms with van der Waals surface area (Å²) in [5.74, 6) is 1.58. The highest BCUT2D eigenvalue weighted by molar-refractivity contribution is 5.94. The van der Waals surface area contributed by atoms with Crippen molar-refractivity contribution in [2.45, 2.75) is 20.3 Å². The summed E-state index contributed by atoms with van der Waals surface area (Å²) in [5.41, 5.74) is 0.873. The Hall–Kier alpha value is -1.82. The summed E-state index contributed by atoms with van der Waals surface area (Å²) < 4.78 is 13.6. The van der Waals surface area contributed by atoms with Crippen LogP contribution in [0.3, 0.4) is 0 Å².